The molecule has 6 N–H and O–H groups in total. The van der Waals surface area contributed by atoms with Gasteiger partial charge in [0.15, 0.2) is 6.29 Å². The van der Waals surface area contributed by atoms with E-state index in [-0.39, 0.29) is 38.5 Å². The fourth-order valence-corrected chi connectivity index (χ4v) is 3.85. The molecule has 0 unspecified atom stereocenters. The number of aliphatic hydroxyl groups excluding tert-OH is 2. The summed E-state index contributed by atoms with van der Waals surface area (Å²) < 4.78 is 0. The van der Waals surface area contributed by atoms with Crippen LogP contribution in [0.4, 0.5) is 4.79 Å². The fourth-order valence-electron chi connectivity index (χ4n) is 3.85. The number of aliphatic imine (C=N–C) groups is 1. The number of amides is 2. The normalized spacial score (nSPS) is 10.5. The number of hydrogen-bond donors (Lipinski definition) is 5. The summed E-state index contributed by atoms with van der Waals surface area (Å²) in [5.74, 6) is 0. The lowest BCUT2D eigenvalue weighted by atomic mass is 9.81. The van der Waals surface area contributed by atoms with E-state index in [9.17, 15) is 9.59 Å². The van der Waals surface area contributed by atoms with Gasteiger partial charge in [-0.1, -0.05) is 88.4 Å². The van der Waals surface area contributed by atoms with Gasteiger partial charge >= 0.3 is 6.03 Å². The van der Waals surface area contributed by atoms with E-state index in [1.165, 1.54) is 17.3 Å². The minimum Gasteiger partial charge on any atom is -0.396 e. The largest absolute Gasteiger partial charge is 0.396 e. The number of aliphatic hydroxyl groups is 2. The first-order valence-corrected chi connectivity index (χ1v) is 15.9. The molecule has 251 valence electrons. The third kappa shape index (κ3) is 31.1. The second-order valence-electron chi connectivity index (χ2n) is 12.2. The van der Waals surface area contributed by atoms with Crippen molar-refractivity contribution in [1.29, 1.82) is 0 Å². The van der Waals surface area contributed by atoms with E-state index in [0.29, 0.717) is 19.4 Å². The molecule has 46 heavy (non-hydrogen) atoms. The number of aryl methyl sites for hydroxylation is 2. The van der Waals surface area contributed by atoms with Crippen molar-refractivity contribution < 1.29 is 19.8 Å². The van der Waals surface area contributed by atoms with Gasteiger partial charge in [-0.2, -0.15) is 0 Å². The van der Waals surface area contributed by atoms with E-state index in [0.717, 1.165) is 64.5 Å². The van der Waals surface area contributed by atoms with E-state index in [1.807, 2.05) is 64.1 Å². The van der Waals surface area contributed by atoms with Crippen molar-refractivity contribution in [3.05, 3.63) is 71.8 Å². The molecule has 0 aliphatic rings. The third-order valence-electron chi connectivity index (χ3n) is 6.76. The SMILES string of the molecule is CC(C)(CO)CCCN.CC(C)(CO)CCCNC(=O)NCCCc1ccccc1.O=CC=NCCCc1ccccc1.[B].[B][B]. The second-order valence-corrected chi connectivity index (χ2v) is 12.2. The van der Waals surface area contributed by atoms with Crippen molar-refractivity contribution in [1.82, 2.24) is 10.6 Å². The summed E-state index contributed by atoms with van der Waals surface area (Å²) in [4.78, 5) is 25.4. The minimum atomic E-state index is -0.107. The number of carbonyl (C=O) groups excluding carboxylic acids is 2. The highest BCUT2D eigenvalue weighted by Crippen LogP contribution is 2.20. The number of benzene rings is 2. The smallest absolute Gasteiger partial charge is 0.314 e. The maximum Gasteiger partial charge on any atom is 0.314 e. The lowest BCUT2D eigenvalue weighted by Gasteiger charge is -2.21. The zero-order chi connectivity index (χ0) is 34.2. The summed E-state index contributed by atoms with van der Waals surface area (Å²) in [5, 5.41) is 23.6. The molecule has 0 spiro atoms. The number of urea groups is 1. The molecule has 0 heterocycles. The molecule has 0 fully saturated rings. The van der Waals surface area contributed by atoms with Gasteiger partial charge in [0.25, 0.3) is 0 Å². The molecule has 8 nitrogen and oxygen atoms in total. The van der Waals surface area contributed by atoms with Crippen LogP contribution in [0.1, 0.15) is 77.3 Å². The molecule has 0 saturated carbocycles. The molecule has 2 aromatic rings. The summed E-state index contributed by atoms with van der Waals surface area (Å²) >= 11 is 0. The van der Waals surface area contributed by atoms with Crippen LogP contribution < -0.4 is 16.4 Å². The number of carbonyl (C=O) groups is 2. The predicted molar refractivity (Wildman–Crippen MR) is 197 cm³/mol. The molecular formula is C35H58B3N4O4. The summed E-state index contributed by atoms with van der Waals surface area (Å²) in [6.07, 6.45) is 9.76. The first-order chi connectivity index (χ1) is 21.6. The van der Waals surface area contributed by atoms with Crippen molar-refractivity contribution >= 4 is 42.4 Å². The molecule has 7 radical (unpaired) electrons. The van der Waals surface area contributed by atoms with Crippen molar-refractivity contribution in [2.24, 2.45) is 21.6 Å². The number of hydrogen-bond acceptors (Lipinski definition) is 6. The summed E-state index contributed by atoms with van der Waals surface area (Å²) in [6.45, 7) is 11.4. The molecule has 0 saturated heterocycles. The Labute approximate surface area is 284 Å². The van der Waals surface area contributed by atoms with Crippen LogP contribution in [0.3, 0.4) is 0 Å². The molecule has 2 amide bonds. The van der Waals surface area contributed by atoms with Gasteiger partial charge in [-0.15, -0.1) is 0 Å². The van der Waals surface area contributed by atoms with Gasteiger partial charge in [-0.25, -0.2) is 4.79 Å². The number of nitrogens with one attached hydrogen (secondary N) is 2. The standard InChI is InChI=1S/C17H28N2O2.C11H13NO.C7H17NO.B2.B/c1-17(2,14-20)11-7-13-19-16(21)18-12-6-10-15-8-4-3-5-9-15;13-10-9-12-8-4-7-11-5-2-1-3-6-11;1-7(2,6-9)4-3-5-8;1-2;/h3-5,8-9,20H,6-7,10-14H2,1-2H3,(H2,18,19,21);1-3,5-6,9-10H,4,7-8H2;9H,3-6,8H2,1-2H3;;. The first kappa shape index (κ1) is 47.5. The third-order valence-corrected chi connectivity index (χ3v) is 6.76. The van der Waals surface area contributed by atoms with Gasteiger partial charge in [0.05, 0.1) is 6.21 Å². The Bertz CT molecular complexity index is 982. The van der Waals surface area contributed by atoms with E-state index in [1.54, 1.807) is 0 Å². The monoisotopic (exact) mass is 631 g/mol. The first-order valence-electron chi connectivity index (χ1n) is 15.9. The predicted octanol–water partition coefficient (Wildman–Crippen LogP) is 4.21. The highest BCUT2D eigenvalue weighted by atomic mass is 16.3. The van der Waals surface area contributed by atoms with Crippen LogP contribution in [0, 0.1) is 10.8 Å². The second kappa shape index (κ2) is 32.1. The zero-order valence-electron chi connectivity index (χ0n) is 28.8. The van der Waals surface area contributed by atoms with Gasteiger partial charge in [-0.05, 0) is 79.9 Å². The van der Waals surface area contributed by atoms with E-state index < -0.39 is 0 Å². The van der Waals surface area contributed by atoms with Crippen LogP contribution in [0.5, 0.6) is 0 Å². The Kier molecular flexibility index (Phi) is 33.1. The molecule has 0 atom stereocenters. The van der Waals surface area contributed by atoms with Gasteiger partial charge < -0.3 is 26.6 Å². The molecule has 0 bridgehead atoms. The lowest BCUT2D eigenvalue weighted by molar-refractivity contribution is -0.102. The Morgan fingerprint density at radius 3 is 1.65 bits per heavy atom. The highest BCUT2D eigenvalue weighted by Gasteiger charge is 2.15. The summed E-state index contributed by atoms with van der Waals surface area (Å²) in [5.41, 5.74) is 7.94. The van der Waals surface area contributed by atoms with Crippen LogP contribution in [0.25, 0.3) is 0 Å². The number of nitrogens with two attached hydrogens (primary N) is 1. The minimum absolute atomic E-state index is 0. The number of rotatable bonds is 18. The Hall–Kier alpha value is -2.88. The van der Waals surface area contributed by atoms with E-state index >= 15 is 0 Å². The highest BCUT2D eigenvalue weighted by molar-refractivity contribution is 6.75. The molecular weight excluding hydrogens is 573 g/mol. The topological polar surface area (TPSA) is 137 Å². The molecule has 2 aromatic carbocycles. The maximum atomic E-state index is 11.6. The number of aldehydes is 1. The van der Waals surface area contributed by atoms with Gasteiger partial charge in [0, 0.05) is 56.7 Å². The van der Waals surface area contributed by atoms with Crippen molar-refractivity contribution in [3.63, 3.8) is 0 Å². The fraction of sp³-hybridized carbons (Fsp3) is 0.571. The van der Waals surface area contributed by atoms with Crippen LogP contribution in [-0.4, -0.2) is 92.0 Å². The average molecular weight is 631 g/mol. The van der Waals surface area contributed by atoms with Crippen molar-refractivity contribution in [2.45, 2.75) is 79.1 Å². The lowest BCUT2D eigenvalue weighted by Crippen LogP contribution is -2.37. The summed E-state index contributed by atoms with van der Waals surface area (Å²) in [7, 11) is 8.00. The van der Waals surface area contributed by atoms with E-state index in [4.69, 9.17) is 15.9 Å². The Morgan fingerprint density at radius 1 is 0.783 bits per heavy atom. The molecule has 0 aliphatic carbocycles. The average Bonchev–Trinajstić information content (AvgIpc) is 3.06. The van der Waals surface area contributed by atoms with Crippen LogP contribution in [-0.2, 0) is 17.6 Å². The molecule has 2 rings (SSSR count). The Morgan fingerprint density at radius 2 is 1.22 bits per heavy atom. The van der Waals surface area contributed by atoms with Crippen molar-refractivity contribution in [3.8, 4) is 0 Å². The summed E-state index contributed by atoms with van der Waals surface area (Å²) in [6, 6.07) is 20.4. The Balaban J connectivity index is -0.000000633. The zero-order valence-corrected chi connectivity index (χ0v) is 28.8. The van der Waals surface area contributed by atoms with E-state index in [2.05, 4.69) is 55.4 Å². The molecule has 0 aromatic heterocycles. The van der Waals surface area contributed by atoms with Crippen LogP contribution in [0.2, 0.25) is 0 Å². The van der Waals surface area contributed by atoms with Crippen molar-refractivity contribution in [2.75, 3.05) is 39.4 Å². The quantitative estimate of drug-likeness (QED) is 0.0727. The van der Waals surface area contributed by atoms with Gasteiger partial charge in [0.1, 0.15) is 0 Å². The van der Waals surface area contributed by atoms with Crippen LogP contribution in [0.15, 0.2) is 65.7 Å². The number of nitrogens with zero attached hydrogens (tertiary/aromatic N) is 1. The van der Waals surface area contributed by atoms with Crippen LogP contribution >= 0.6 is 0 Å². The maximum absolute atomic E-state index is 11.6. The van der Waals surface area contributed by atoms with Gasteiger partial charge in [0.2, 0.25) is 0 Å². The molecule has 0 aliphatic heterocycles. The molecule has 11 heteroatoms. The van der Waals surface area contributed by atoms with Gasteiger partial charge in [-0.3, -0.25) is 9.79 Å².